The van der Waals surface area contributed by atoms with E-state index in [1.54, 1.807) is 18.2 Å². The summed E-state index contributed by atoms with van der Waals surface area (Å²) in [7, 11) is 0. The highest BCUT2D eigenvalue weighted by molar-refractivity contribution is 6.31. The van der Waals surface area contributed by atoms with Gasteiger partial charge >= 0.3 is 5.69 Å². The van der Waals surface area contributed by atoms with Crippen LogP contribution in [-0.4, -0.2) is 9.91 Å². The van der Waals surface area contributed by atoms with Gasteiger partial charge in [-0.15, -0.1) is 0 Å². The van der Waals surface area contributed by atoms with Gasteiger partial charge in [-0.05, 0) is 36.2 Å². The molecule has 0 unspecified atom stereocenters. The summed E-state index contributed by atoms with van der Waals surface area (Å²) >= 11 is 6.00. The summed E-state index contributed by atoms with van der Waals surface area (Å²) in [6, 6.07) is 7.94. The normalized spacial score (nSPS) is 10.2. The van der Waals surface area contributed by atoms with Crippen LogP contribution in [0.3, 0.4) is 0 Å². The molecule has 0 bridgehead atoms. The fourth-order valence-corrected chi connectivity index (χ4v) is 1.85. The van der Waals surface area contributed by atoms with Gasteiger partial charge in [0.2, 0.25) is 0 Å². The summed E-state index contributed by atoms with van der Waals surface area (Å²) < 4.78 is 5.46. The molecule has 0 aliphatic rings. The minimum absolute atomic E-state index is 0.0307. The lowest BCUT2D eigenvalue weighted by molar-refractivity contribution is -0.386. The van der Waals surface area contributed by atoms with Crippen LogP contribution in [0.2, 0.25) is 5.02 Å². The van der Waals surface area contributed by atoms with E-state index in [0.29, 0.717) is 10.8 Å². The van der Waals surface area contributed by atoms with E-state index in [4.69, 9.17) is 16.3 Å². The van der Waals surface area contributed by atoms with Crippen molar-refractivity contribution < 1.29 is 9.66 Å². The van der Waals surface area contributed by atoms with Crippen LogP contribution < -0.4 is 4.74 Å². The first-order valence-corrected chi connectivity index (χ1v) is 6.05. The number of benzene rings is 1. The molecule has 0 fully saturated rings. The third-order valence-electron chi connectivity index (χ3n) is 2.56. The van der Waals surface area contributed by atoms with Gasteiger partial charge in [0.1, 0.15) is 5.75 Å². The second-order valence-electron chi connectivity index (χ2n) is 3.79. The summed E-state index contributed by atoms with van der Waals surface area (Å²) in [5.74, 6) is 0.444. The quantitative estimate of drug-likeness (QED) is 0.626. The Morgan fingerprint density at radius 3 is 2.89 bits per heavy atom. The SMILES string of the molecule is CCc1cc(Oc2ncccc2[N+](=O)[O-])ccc1Cl. The van der Waals surface area contributed by atoms with Crippen molar-refractivity contribution in [3.63, 3.8) is 0 Å². The predicted octanol–water partition coefficient (Wildman–Crippen LogP) is 4.00. The Morgan fingerprint density at radius 1 is 1.42 bits per heavy atom. The van der Waals surface area contributed by atoms with Crippen molar-refractivity contribution in [2.75, 3.05) is 0 Å². The molecule has 2 rings (SSSR count). The van der Waals surface area contributed by atoms with E-state index < -0.39 is 4.92 Å². The van der Waals surface area contributed by atoms with Crippen molar-refractivity contribution >= 4 is 17.3 Å². The summed E-state index contributed by atoms with van der Waals surface area (Å²) in [4.78, 5) is 14.2. The van der Waals surface area contributed by atoms with Crippen LogP contribution in [-0.2, 0) is 6.42 Å². The Hall–Kier alpha value is -2.14. The summed E-state index contributed by atoms with van der Waals surface area (Å²) in [6.07, 6.45) is 2.19. The Kier molecular flexibility index (Phi) is 3.97. The maximum atomic E-state index is 10.9. The molecular weight excluding hydrogens is 268 g/mol. The van der Waals surface area contributed by atoms with Gasteiger partial charge in [0.15, 0.2) is 0 Å². The van der Waals surface area contributed by atoms with Gasteiger partial charge in [0.05, 0.1) is 4.92 Å². The molecule has 98 valence electrons. The average Bonchev–Trinajstić information content (AvgIpc) is 2.41. The minimum Gasteiger partial charge on any atom is -0.434 e. The number of hydrogen-bond donors (Lipinski definition) is 0. The third-order valence-corrected chi connectivity index (χ3v) is 2.93. The molecule has 0 atom stereocenters. The summed E-state index contributed by atoms with van der Waals surface area (Å²) in [5, 5.41) is 11.5. The third kappa shape index (κ3) is 3.00. The lowest BCUT2D eigenvalue weighted by Gasteiger charge is -2.07. The lowest BCUT2D eigenvalue weighted by atomic mass is 10.1. The van der Waals surface area contributed by atoms with Crippen LogP contribution in [0.5, 0.6) is 11.6 Å². The largest absolute Gasteiger partial charge is 0.434 e. The van der Waals surface area contributed by atoms with E-state index in [1.807, 2.05) is 6.92 Å². The zero-order valence-corrected chi connectivity index (χ0v) is 10.9. The fraction of sp³-hybridized carbons (Fsp3) is 0.154. The van der Waals surface area contributed by atoms with Crippen molar-refractivity contribution in [3.05, 3.63) is 57.2 Å². The monoisotopic (exact) mass is 278 g/mol. The molecule has 0 radical (unpaired) electrons. The Labute approximate surface area is 115 Å². The number of ether oxygens (including phenoxy) is 1. The molecule has 0 amide bonds. The molecule has 0 N–H and O–H groups in total. The summed E-state index contributed by atoms with van der Waals surface area (Å²) in [6.45, 7) is 1.97. The number of aryl methyl sites for hydroxylation is 1. The van der Waals surface area contributed by atoms with Crippen molar-refractivity contribution in [1.82, 2.24) is 4.98 Å². The van der Waals surface area contributed by atoms with Crippen LogP contribution in [0.25, 0.3) is 0 Å². The minimum atomic E-state index is -0.529. The van der Waals surface area contributed by atoms with Gasteiger partial charge in [0, 0.05) is 17.3 Å². The number of nitro groups is 1. The van der Waals surface area contributed by atoms with Gasteiger partial charge in [-0.25, -0.2) is 4.98 Å². The summed E-state index contributed by atoms with van der Waals surface area (Å²) in [5.41, 5.74) is 0.744. The molecule has 1 aromatic carbocycles. The van der Waals surface area contributed by atoms with Gasteiger partial charge in [-0.2, -0.15) is 0 Å². The topological polar surface area (TPSA) is 65.3 Å². The van der Waals surface area contributed by atoms with E-state index in [9.17, 15) is 10.1 Å². The van der Waals surface area contributed by atoms with E-state index >= 15 is 0 Å². The molecule has 2 aromatic rings. The molecule has 0 aliphatic heterocycles. The van der Waals surface area contributed by atoms with E-state index in [0.717, 1.165) is 12.0 Å². The first-order valence-electron chi connectivity index (χ1n) is 5.67. The van der Waals surface area contributed by atoms with Gasteiger partial charge in [0.25, 0.3) is 5.88 Å². The van der Waals surface area contributed by atoms with Crippen molar-refractivity contribution in [2.24, 2.45) is 0 Å². The zero-order valence-electron chi connectivity index (χ0n) is 10.2. The molecule has 0 saturated heterocycles. The average molecular weight is 279 g/mol. The number of hydrogen-bond acceptors (Lipinski definition) is 4. The highest BCUT2D eigenvalue weighted by Crippen LogP contribution is 2.30. The van der Waals surface area contributed by atoms with E-state index in [-0.39, 0.29) is 11.6 Å². The molecule has 1 heterocycles. The smallest absolute Gasteiger partial charge is 0.331 e. The van der Waals surface area contributed by atoms with Crippen LogP contribution in [0, 0.1) is 10.1 Å². The lowest BCUT2D eigenvalue weighted by Crippen LogP contribution is -1.96. The number of rotatable bonds is 4. The Balaban J connectivity index is 2.34. The van der Waals surface area contributed by atoms with Crippen molar-refractivity contribution in [3.8, 4) is 11.6 Å². The molecule has 6 heteroatoms. The molecular formula is C13H11ClN2O3. The van der Waals surface area contributed by atoms with Gasteiger partial charge in [-0.3, -0.25) is 10.1 Å². The molecule has 1 aromatic heterocycles. The zero-order chi connectivity index (χ0) is 13.8. The molecule has 0 aliphatic carbocycles. The van der Waals surface area contributed by atoms with Crippen LogP contribution in [0.1, 0.15) is 12.5 Å². The highest BCUT2D eigenvalue weighted by Gasteiger charge is 2.16. The molecule has 0 spiro atoms. The standard InChI is InChI=1S/C13H11ClN2O3/c1-2-9-8-10(5-6-11(9)14)19-13-12(16(17)18)4-3-7-15-13/h3-8H,2H2,1H3. The molecule has 19 heavy (non-hydrogen) atoms. The fourth-order valence-electron chi connectivity index (χ4n) is 1.60. The first-order chi connectivity index (χ1) is 9.11. The first kappa shape index (κ1) is 13.3. The maximum absolute atomic E-state index is 10.9. The second kappa shape index (κ2) is 5.67. The van der Waals surface area contributed by atoms with Crippen molar-refractivity contribution in [2.45, 2.75) is 13.3 Å². The Morgan fingerprint density at radius 2 is 2.21 bits per heavy atom. The molecule has 0 saturated carbocycles. The highest BCUT2D eigenvalue weighted by atomic mass is 35.5. The number of aromatic nitrogens is 1. The predicted molar refractivity (Wildman–Crippen MR) is 71.8 cm³/mol. The van der Waals surface area contributed by atoms with Crippen molar-refractivity contribution in [1.29, 1.82) is 0 Å². The maximum Gasteiger partial charge on any atom is 0.331 e. The van der Waals surface area contributed by atoms with E-state index in [1.165, 1.54) is 18.3 Å². The molecule has 5 nitrogen and oxygen atoms in total. The van der Waals surface area contributed by atoms with Gasteiger partial charge in [-0.1, -0.05) is 18.5 Å². The van der Waals surface area contributed by atoms with Gasteiger partial charge < -0.3 is 4.74 Å². The Bertz CT molecular complexity index is 617. The van der Waals surface area contributed by atoms with Crippen LogP contribution >= 0.6 is 11.6 Å². The van der Waals surface area contributed by atoms with E-state index in [2.05, 4.69) is 4.98 Å². The number of pyridine rings is 1. The van der Waals surface area contributed by atoms with Crippen LogP contribution in [0.4, 0.5) is 5.69 Å². The number of nitrogens with zero attached hydrogens (tertiary/aromatic N) is 2. The van der Waals surface area contributed by atoms with Crippen LogP contribution in [0.15, 0.2) is 36.5 Å². The number of halogens is 1. The second-order valence-corrected chi connectivity index (χ2v) is 4.20.